The Morgan fingerprint density at radius 3 is 2.90 bits per heavy atom. The predicted molar refractivity (Wildman–Crippen MR) is 75.2 cm³/mol. The van der Waals surface area contributed by atoms with Gasteiger partial charge in [-0.25, -0.2) is 4.98 Å². The number of hydrogen-bond donors (Lipinski definition) is 0. The van der Waals surface area contributed by atoms with Crippen LogP contribution in [0.25, 0.3) is 11.0 Å². The van der Waals surface area contributed by atoms with Crippen LogP contribution in [0, 0.1) is 6.92 Å². The molecule has 4 nitrogen and oxygen atoms in total. The molecule has 0 aliphatic heterocycles. The minimum Gasteiger partial charge on any atom is -0.494 e. The first-order valence-electron chi connectivity index (χ1n) is 6.23. The van der Waals surface area contributed by atoms with Crippen molar-refractivity contribution >= 4 is 16.8 Å². The molecule has 1 aromatic carbocycles. The van der Waals surface area contributed by atoms with Crippen LogP contribution < -0.4 is 4.74 Å². The molecule has 0 fully saturated rings. The molecule has 3 rings (SSSR count). The summed E-state index contributed by atoms with van der Waals surface area (Å²) in [7, 11) is 1.51. The zero-order chi connectivity index (χ0) is 14.1. The summed E-state index contributed by atoms with van der Waals surface area (Å²) in [4.78, 5) is 16.5. The van der Waals surface area contributed by atoms with E-state index in [0.717, 1.165) is 10.9 Å². The lowest BCUT2D eigenvalue weighted by molar-refractivity contribution is 0.100. The highest BCUT2D eigenvalue weighted by Gasteiger charge is 2.19. The van der Waals surface area contributed by atoms with Gasteiger partial charge in [0.2, 0.25) is 5.78 Å². The lowest BCUT2D eigenvalue weighted by atomic mass is 10.1. The van der Waals surface area contributed by atoms with Crippen LogP contribution in [0.1, 0.15) is 21.8 Å². The Morgan fingerprint density at radius 2 is 2.10 bits per heavy atom. The van der Waals surface area contributed by atoms with E-state index in [9.17, 15) is 4.79 Å². The lowest BCUT2D eigenvalue weighted by Crippen LogP contribution is -2.05. The summed E-state index contributed by atoms with van der Waals surface area (Å²) in [5.41, 5.74) is 2.06. The van der Waals surface area contributed by atoms with Gasteiger partial charge in [0.25, 0.3) is 0 Å². The maximum atomic E-state index is 12.4. The minimum atomic E-state index is -0.281. The number of hydrogen-bond acceptors (Lipinski definition) is 4. The molecule has 100 valence electrons. The van der Waals surface area contributed by atoms with Crippen LogP contribution in [0.2, 0.25) is 0 Å². The number of ketones is 1. The number of benzene rings is 1. The fourth-order valence-electron chi connectivity index (χ4n) is 2.12. The van der Waals surface area contributed by atoms with E-state index in [-0.39, 0.29) is 17.2 Å². The molecule has 0 atom stereocenters. The van der Waals surface area contributed by atoms with E-state index in [1.54, 1.807) is 24.4 Å². The van der Waals surface area contributed by atoms with Crippen molar-refractivity contribution in [2.24, 2.45) is 0 Å². The molecule has 3 aromatic rings. The molecule has 4 heteroatoms. The SMILES string of the molecule is COc1cccnc1C(=O)c1cc2cc(C)ccc2o1. The van der Waals surface area contributed by atoms with Crippen molar-refractivity contribution in [3.63, 3.8) is 0 Å². The van der Waals surface area contributed by atoms with Crippen molar-refractivity contribution in [3.05, 3.63) is 59.6 Å². The molecule has 20 heavy (non-hydrogen) atoms. The van der Waals surface area contributed by atoms with Crippen molar-refractivity contribution in [2.45, 2.75) is 6.92 Å². The summed E-state index contributed by atoms with van der Waals surface area (Å²) in [5.74, 6) is 0.424. The standard InChI is InChI=1S/C16H13NO3/c1-10-5-6-12-11(8-10)9-14(20-12)16(18)15-13(19-2)4-3-7-17-15/h3-9H,1-2H3. The van der Waals surface area contributed by atoms with Gasteiger partial charge in [0.15, 0.2) is 11.5 Å². The first-order chi connectivity index (χ1) is 9.69. The Bertz CT molecular complexity index is 789. The Morgan fingerprint density at radius 1 is 1.25 bits per heavy atom. The van der Waals surface area contributed by atoms with E-state index in [1.165, 1.54) is 7.11 Å². The molecule has 0 N–H and O–H groups in total. The van der Waals surface area contributed by atoms with Crippen molar-refractivity contribution in [3.8, 4) is 5.75 Å². The zero-order valence-corrected chi connectivity index (χ0v) is 11.2. The summed E-state index contributed by atoms with van der Waals surface area (Å²) >= 11 is 0. The average molecular weight is 267 g/mol. The highest BCUT2D eigenvalue weighted by Crippen LogP contribution is 2.24. The van der Waals surface area contributed by atoms with Gasteiger partial charge in [0.05, 0.1) is 7.11 Å². The Hall–Kier alpha value is -2.62. The third-order valence-corrected chi connectivity index (χ3v) is 3.10. The van der Waals surface area contributed by atoms with Gasteiger partial charge in [0, 0.05) is 11.6 Å². The molecule has 0 saturated carbocycles. The smallest absolute Gasteiger partial charge is 0.250 e. The number of rotatable bonds is 3. The van der Waals surface area contributed by atoms with Crippen molar-refractivity contribution in [2.75, 3.05) is 7.11 Å². The van der Waals surface area contributed by atoms with Crippen molar-refractivity contribution < 1.29 is 13.9 Å². The summed E-state index contributed by atoms with van der Waals surface area (Å²) in [5, 5.41) is 0.906. The first kappa shape index (κ1) is 12.4. The van der Waals surface area contributed by atoms with Crippen LogP contribution >= 0.6 is 0 Å². The number of nitrogens with zero attached hydrogens (tertiary/aromatic N) is 1. The fourth-order valence-corrected chi connectivity index (χ4v) is 2.12. The highest BCUT2D eigenvalue weighted by atomic mass is 16.5. The molecular formula is C16H13NO3. The summed E-state index contributed by atoms with van der Waals surface area (Å²) in [6, 6.07) is 10.9. The number of aryl methyl sites for hydroxylation is 1. The van der Waals surface area contributed by atoms with Crippen molar-refractivity contribution in [1.82, 2.24) is 4.98 Å². The fraction of sp³-hybridized carbons (Fsp3) is 0.125. The number of aromatic nitrogens is 1. The quantitative estimate of drug-likeness (QED) is 0.683. The second-order valence-electron chi connectivity index (χ2n) is 4.54. The van der Waals surface area contributed by atoms with E-state index < -0.39 is 0 Å². The first-order valence-corrected chi connectivity index (χ1v) is 6.23. The maximum absolute atomic E-state index is 12.4. The normalized spacial score (nSPS) is 10.7. The van der Waals surface area contributed by atoms with Crippen molar-refractivity contribution in [1.29, 1.82) is 0 Å². The second-order valence-corrected chi connectivity index (χ2v) is 4.54. The molecule has 0 spiro atoms. The topological polar surface area (TPSA) is 52.3 Å². The van der Waals surface area contributed by atoms with Crippen LogP contribution in [0.4, 0.5) is 0 Å². The number of fused-ring (bicyclic) bond motifs is 1. The van der Waals surface area contributed by atoms with E-state index in [1.807, 2.05) is 25.1 Å². The van der Waals surface area contributed by atoms with Crippen LogP contribution in [-0.2, 0) is 0 Å². The van der Waals surface area contributed by atoms with E-state index in [0.29, 0.717) is 11.3 Å². The van der Waals surface area contributed by atoms with Gasteiger partial charge in [-0.2, -0.15) is 0 Å². The molecule has 0 bridgehead atoms. The molecule has 2 aromatic heterocycles. The highest BCUT2D eigenvalue weighted by molar-refractivity contribution is 6.09. The molecule has 0 aliphatic carbocycles. The minimum absolute atomic E-state index is 0.255. The van der Waals surface area contributed by atoms with Gasteiger partial charge >= 0.3 is 0 Å². The molecule has 0 unspecified atom stereocenters. The van der Waals surface area contributed by atoms with Gasteiger partial charge in [-0.05, 0) is 37.3 Å². The summed E-state index contributed by atoms with van der Waals surface area (Å²) in [6.45, 7) is 2.00. The maximum Gasteiger partial charge on any atom is 0.250 e. The largest absolute Gasteiger partial charge is 0.494 e. The third-order valence-electron chi connectivity index (χ3n) is 3.10. The molecule has 0 saturated heterocycles. The number of methoxy groups -OCH3 is 1. The molecule has 2 heterocycles. The van der Waals surface area contributed by atoms with Crippen LogP contribution in [0.15, 0.2) is 47.0 Å². The molecular weight excluding hydrogens is 254 g/mol. The second kappa shape index (κ2) is 4.81. The number of carbonyl (C=O) groups excluding carboxylic acids is 1. The van der Waals surface area contributed by atoms with Gasteiger partial charge in [0.1, 0.15) is 11.3 Å². The molecule has 0 radical (unpaired) electrons. The monoisotopic (exact) mass is 267 g/mol. The third kappa shape index (κ3) is 2.05. The molecule has 0 aliphatic rings. The Kier molecular flexibility index (Phi) is 2.99. The van der Waals surface area contributed by atoms with Gasteiger partial charge < -0.3 is 9.15 Å². The number of ether oxygens (including phenoxy) is 1. The Labute approximate surface area is 116 Å². The van der Waals surface area contributed by atoms with Crippen LogP contribution in [0.5, 0.6) is 5.75 Å². The number of pyridine rings is 1. The lowest BCUT2D eigenvalue weighted by Gasteiger charge is -2.03. The summed E-state index contributed by atoms with van der Waals surface area (Å²) in [6.07, 6.45) is 1.56. The average Bonchev–Trinajstić information content (AvgIpc) is 2.89. The predicted octanol–water partition coefficient (Wildman–Crippen LogP) is 3.38. The van der Waals surface area contributed by atoms with Gasteiger partial charge in [-0.1, -0.05) is 11.6 Å². The van der Waals surface area contributed by atoms with Crippen LogP contribution in [-0.4, -0.2) is 17.9 Å². The number of furan rings is 1. The van der Waals surface area contributed by atoms with Gasteiger partial charge in [-0.3, -0.25) is 4.79 Å². The van der Waals surface area contributed by atoms with Crippen LogP contribution in [0.3, 0.4) is 0 Å². The Balaban J connectivity index is 2.08. The van der Waals surface area contributed by atoms with E-state index in [4.69, 9.17) is 9.15 Å². The number of carbonyl (C=O) groups is 1. The van der Waals surface area contributed by atoms with E-state index >= 15 is 0 Å². The zero-order valence-electron chi connectivity index (χ0n) is 11.2. The summed E-state index contributed by atoms with van der Waals surface area (Å²) < 4.78 is 10.7. The van der Waals surface area contributed by atoms with Gasteiger partial charge in [-0.15, -0.1) is 0 Å². The molecule has 0 amide bonds. The van der Waals surface area contributed by atoms with E-state index in [2.05, 4.69) is 4.98 Å².